The van der Waals surface area contributed by atoms with Crippen molar-refractivity contribution >= 4 is 88.7 Å². The predicted octanol–water partition coefficient (Wildman–Crippen LogP) is 15.4. The number of fused-ring (bicyclic) bond motifs is 7. The molecule has 3 heterocycles. The van der Waals surface area contributed by atoms with Crippen molar-refractivity contribution in [3.8, 4) is 22.3 Å². The van der Waals surface area contributed by atoms with Gasteiger partial charge in [0.25, 0.3) is 6.71 Å². The molecule has 0 saturated carbocycles. The first-order valence-electron chi connectivity index (χ1n) is 22.9. The molecule has 0 amide bonds. The zero-order valence-electron chi connectivity index (χ0n) is 38.5. The SMILES string of the molecule is CC(C)(C)c1ccc(N2c3cc(C(C)(C)C)ccc3B3c4cc(-c5ccccc5)ccc4N(c4ccc(-c5cccc6c5sc5ccccc56)cc4)c4cc(C(C)(C)C)cc2c43)cc1. The number of rotatable bonds is 4. The number of thiophene rings is 1. The molecule has 0 saturated heterocycles. The molecule has 0 atom stereocenters. The van der Waals surface area contributed by atoms with Gasteiger partial charge in [-0.1, -0.05) is 178 Å². The molecule has 0 aliphatic carbocycles. The van der Waals surface area contributed by atoms with E-state index < -0.39 is 0 Å². The number of hydrogen-bond donors (Lipinski definition) is 0. The molecule has 0 unspecified atom stereocenters. The van der Waals surface area contributed by atoms with Crippen LogP contribution in [0.4, 0.5) is 34.1 Å². The van der Waals surface area contributed by atoms with E-state index >= 15 is 0 Å². The highest BCUT2D eigenvalue weighted by molar-refractivity contribution is 7.26. The molecule has 4 heteroatoms. The monoisotopic (exact) mass is 846 g/mol. The molecule has 0 fully saturated rings. The summed E-state index contributed by atoms with van der Waals surface area (Å²) in [5, 5.41) is 2.65. The van der Waals surface area contributed by atoms with Crippen molar-refractivity contribution in [3.63, 3.8) is 0 Å². The van der Waals surface area contributed by atoms with Crippen LogP contribution in [-0.4, -0.2) is 6.71 Å². The van der Waals surface area contributed by atoms with Gasteiger partial charge in [-0.05, 0) is 126 Å². The second-order valence-corrected chi connectivity index (χ2v) is 22.1. The van der Waals surface area contributed by atoms with Crippen LogP contribution in [0.3, 0.4) is 0 Å². The quantitative estimate of drug-likeness (QED) is 0.163. The molecule has 2 aliphatic heterocycles. The number of nitrogens with zero attached hydrogens (tertiary/aromatic N) is 2. The highest BCUT2D eigenvalue weighted by Gasteiger charge is 2.44. The van der Waals surface area contributed by atoms with Gasteiger partial charge in [0.15, 0.2) is 0 Å². The first-order chi connectivity index (χ1) is 30.6. The summed E-state index contributed by atoms with van der Waals surface area (Å²) < 4.78 is 2.67. The Balaban J connectivity index is 1.18. The zero-order chi connectivity index (χ0) is 44.3. The van der Waals surface area contributed by atoms with Crippen LogP contribution in [0.25, 0.3) is 42.4 Å². The molecule has 0 radical (unpaired) electrons. The molecule has 0 bridgehead atoms. The van der Waals surface area contributed by atoms with Crippen molar-refractivity contribution in [2.24, 2.45) is 0 Å². The topological polar surface area (TPSA) is 6.48 Å². The van der Waals surface area contributed by atoms with E-state index in [4.69, 9.17) is 0 Å². The summed E-state index contributed by atoms with van der Waals surface area (Å²) in [6.45, 7) is 21.0. The molecule has 0 N–H and O–H groups in total. The second kappa shape index (κ2) is 14.6. The second-order valence-electron chi connectivity index (χ2n) is 21.1. The van der Waals surface area contributed by atoms with Gasteiger partial charge >= 0.3 is 0 Å². The predicted molar refractivity (Wildman–Crippen MR) is 280 cm³/mol. The zero-order valence-corrected chi connectivity index (χ0v) is 39.4. The maximum atomic E-state index is 2.58. The van der Waals surface area contributed by atoms with Crippen LogP contribution in [0.15, 0.2) is 170 Å². The molecule has 9 aromatic rings. The van der Waals surface area contributed by atoms with E-state index in [9.17, 15) is 0 Å². The minimum Gasteiger partial charge on any atom is -0.311 e. The van der Waals surface area contributed by atoms with E-state index in [0.29, 0.717) is 0 Å². The third-order valence-electron chi connectivity index (χ3n) is 13.7. The standard InChI is InChI=1S/C60H55BN2S/c1-58(2,3)41-25-30-45(31-26-41)63-52-35-42(59(4,5)6)27-32-49(52)61-50-34-40(38-16-11-10-12-17-38)24-33-51(50)62(53-36-43(60(7,8)9)37-54(63)56(53)61)44-28-22-39(23-29-44)46-19-15-20-48-47-18-13-14-21-55(47)64-57(46)48/h10-37H,1-9H3. The van der Waals surface area contributed by atoms with Gasteiger partial charge in [0, 0.05) is 54.3 Å². The maximum Gasteiger partial charge on any atom is 0.252 e. The van der Waals surface area contributed by atoms with Gasteiger partial charge in [-0.3, -0.25) is 0 Å². The third-order valence-corrected chi connectivity index (χ3v) is 15.0. The average Bonchev–Trinajstić information content (AvgIpc) is 3.67. The van der Waals surface area contributed by atoms with Crippen molar-refractivity contribution in [2.45, 2.75) is 78.6 Å². The number of hydrogen-bond acceptors (Lipinski definition) is 3. The van der Waals surface area contributed by atoms with E-state index in [1.165, 1.54) is 104 Å². The van der Waals surface area contributed by atoms with Crippen molar-refractivity contribution < 1.29 is 0 Å². The Labute approximate surface area is 383 Å². The van der Waals surface area contributed by atoms with Crippen molar-refractivity contribution in [2.75, 3.05) is 9.80 Å². The summed E-state index contributed by atoms with van der Waals surface area (Å²) in [7, 11) is 0. The fraction of sp³-hybridized carbons (Fsp3) is 0.200. The largest absolute Gasteiger partial charge is 0.311 e. The normalized spacial score (nSPS) is 13.6. The Bertz CT molecular complexity index is 3270. The number of benzene rings is 8. The molecule has 2 aliphatic rings. The Morgan fingerprint density at radius 2 is 0.953 bits per heavy atom. The van der Waals surface area contributed by atoms with E-state index in [-0.39, 0.29) is 23.0 Å². The minimum absolute atomic E-state index is 0.0212. The fourth-order valence-corrected chi connectivity index (χ4v) is 11.4. The van der Waals surface area contributed by atoms with Crippen LogP contribution < -0.4 is 26.2 Å². The summed E-state index contributed by atoms with van der Waals surface area (Å²) in [5.41, 5.74) is 20.2. The molecule has 0 spiro atoms. The first-order valence-corrected chi connectivity index (χ1v) is 23.7. The lowest BCUT2D eigenvalue weighted by molar-refractivity contribution is 0.589. The fourth-order valence-electron chi connectivity index (χ4n) is 10.1. The van der Waals surface area contributed by atoms with E-state index in [2.05, 4.69) is 242 Å². The van der Waals surface area contributed by atoms with Crippen LogP contribution in [0, 0.1) is 0 Å². The number of anilines is 6. The molecular formula is C60H55BN2S. The lowest BCUT2D eigenvalue weighted by atomic mass is 9.33. The van der Waals surface area contributed by atoms with Crippen LogP contribution in [0.5, 0.6) is 0 Å². The first kappa shape index (κ1) is 40.4. The summed E-state index contributed by atoms with van der Waals surface area (Å²) in [4.78, 5) is 5.15. The van der Waals surface area contributed by atoms with E-state index in [0.717, 1.165) is 5.69 Å². The molecule has 11 rings (SSSR count). The highest BCUT2D eigenvalue weighted by Crippen LogP contribution is 2.48. The van der Waals surface area contributed by atoms with Gasteiger partial charge in [-0.25, -0.2) is 0 Å². The Morgan fingerprint density at radius 1 is 0.391 bits per heavy atom. The lowest BCUT2D eigenvalue weighted by Crippen LogP contribution is -2.61. The smallest absolute Gasteiger partial charge is 0.252 e. The van der Waals surface area contributed by atoms with E-state index in [1.807, 2.05) is 11.3 Å². The summed E-state index contributed by atoms with van der Waals surface area (Å²) in [6, 6.07) is 64.7. The van der Waals surface area contributed by atoms with Gasteiger partial charge in [-0.2, -0.15) is 0 Å². The molecule has 64 heavy (non-hydrogen) atoms. The Kier molecular flexibility index (Phi) is 9.21. The van der Waals surface area contributed by atoms with Crippen LogP contribution in [-0.2, 0) is 16.2 Å². The van der Waals surface area contributed by atoms with Crippen molar-refractivity contribution in [1.29, 1.82) is 0 Å². The maximum absolute atomic E-state index is 2.58. The van der Waals surface area contributed by atoms with Gasteiger partial charge in [0.2, 0.25) is 0 Å². The summed E-state index contributed by atoms with van der Waals surface area (Å²) in [6.07, 6.45) is 0. The molecular weight excluding hydrogens is 792 g/mol. The molecule has 2 nitrogen and oxygen atoms in total. The van der Waals surface area contributed by atoms with Crippen molar-refractivity contribution in [3.05, 3.63) is 187 Å². The van der Waals surface area contributed by atoms with Crippen LogP contribution in [0.2, 0.25) is 0 Å². The molecule has 1 aromatic heterocycles. The average molecular weight is 847 g/mol. The van der Waals surface area contributed by atoms with Crippen LogP contribution >= 0.6 is 11.3 Å². The minimum atomic E-state index is -0.105. The van der Waals surface area contributed by atoms with Crippen molar-refractivity contribution in [1.82, 2.24) is 0 Å². The van der Waals surface area contributed by atoms with Gasteiger partial charge < -0.3 is 9.80 Å². The van der Waals surface area contributed by atoms with Gasteiger partial charge in [0.1, 0.15) is 0 Å². The summed E-state index contributed by atoms with van der Waals surface area (Å²) >= 11 is 1.89. The Morgan fingerprint density at radius 3 is 1.62 bits per heavy atom. The summed E-state index contributed by atoms with van der Waals surface area (Å²) in [5.74, 6) is 0. The third kappa shape index (κ3) is 6.60. The Hall–Kier alpha value is -6.36. The van der Waals surface area contributed by atoms with E-state index in [1.54, 1.807) is 0 Å². The van der Waals surface area contributed by atoms with Crippen LogP contribution in [0.1, 0.15) is 79.0 Å². The molecule has 314 valence electrons. The lowest BCUT2D eigenvalue weighted by Gasteiger charge is -2.45. The van der Waals surface area contributed by atoms with Gasteiger partial charge in [0.05, 0.1) is 0 Å². The molecule has 8 aromatic carbocycles. The highest BCUT2D eigenvalue weighted by atomic mass is 32.1. The van der Waals surface area contributed by atoms with Gasteiger partial charge in [-0.15, -0.1) is 11.3 Å².